The highest BCUT2D eigenvalue weighted by Crippen LogP contribution is 2.36. The zero-order valence-electron chi connectivity index (χ0n) is 13.1. The van der Waals surface area contributed by atoms with Gasteiger partial charge in [-0.1, -0.05) is 29.8 Å². The van der Waals surface area contributed by atoms with Crippen molar-refractivity contribution >= 4 is 22.6 Å². The van der Waals surface area contributed by atoms with Crippen LogP contribution in [0.15, 0.2) is 47.1 Å². The van der Waals surface area contributed by atoms with Crippen LogP contribution in [-0.2, 0) is 9.47 Å². The molecule has 2 aromatic heterocycles. The number of halogens is 1. The van der Waals surface area contributed by atoms with Gasteiger partial charge >= 0.3 is 0 Å². The Kier molecular flexibility index (Phi) is 4.96. The maximum Gasteiger partial charge on any atom is 0.217 e. The quantitative estimate of drug-likeness (QED) is 0.581. The van der Waals surface area contributed by atoms with E-state index in [0.29, 0.717) is 24.0 Å². The normalized spacial score (nSPS) is 11.5. The highest BCUT2D eigenvalue weighted by molar-refractivity contribution is 6.33. The van der Waals surface area contributed by atoms with Crippen LogP contribution in [0.25, 0.3) is 22.1 Å². The molecule has 0 fully saturated rings. The number of nitrogens with zero attached hydrogens (tertiary/aromatic N) is 1. The Morgan fingerprint density at radius 2 is 1.83 bits per heavy atom. The molecular weight excluding hydrogens is 314 g/mol. The summed E-state index contributed by atoms with van der Waals surface area (Å²) in [4.78, 5) is 4.29. The van der Waals surface area contributed by atoms with Crippen LogP contribution < -0.4 is 0 Å². The lowest BCUT2D eigenvalue weighted by Crippen LogP contribution is -2.07. The Bertz CT molecular complexity index is 794. The minimum absolute atomic E-state index is 0.517. The van der Waals surface area contributed by atoms with Gasteiger partial charge in [0, 0.05) is 47.1 Å². The van der Waals surface area contributed by atoms with Crippen molar-refractivity contribution in [1.82, 2.24) is 4.98 Å². The first kappa shape index (κ1) is 16.0. The molecule has 0 unspecified atom stereocenters. The number of rotatable bonds is 6. The summed E-state index contributed by atoms with van der Waals surface area (Å²) in [6.07, 6.45) is 3.00. The molecule has 0 amide bonds. The van der Waals surface area contributed by atoms with Gasteiger partial charge in [0.15, 0.2) is 5.76 Å². The Morgan fingerprint density at radius 1 is 1.09 bits per heavy atom. The average molecular weight is 332 g/mol. The predicted octanol–water partition coefficient (Wildman–Crippen LogP) is 5.22. The van der Waals surface area contributed by atoms with E-state index in [2.05, 4.69) is 4.98 Å². The Balaban J connectivity index is 2.10. The first-order chi connectivity index (χ1) is 11.2. The first-order valence-corrected chi connectivity index (χ1v) is 7.98. The van der Waals surface area contributed by atoms with E-state index in [1.54, 1.807) is 12.4 Å². The number of aromatic nitrogens is 1. The molecule has 0 spiro atoms. The topological polar surface area (TPSA) is 44.5 Å². The van der Waals surface area contributed by atoms with Crippen molar-refractivity contribution < 1.29 is 13.9 Å². The van der Waals surface area contributed by atoms with E-state index < -0.39 is 6.29 Å². The second-order valence-corrected chi connectivity index (χ2v) is 5.38. The van der Waals surface area contributed by atoms with Crippen molar-refractivity contribution in [2.45, 2.75) is 20.1 Å². The van der Waals surface area contributed by atoms with E-state index in [4.69, 9.17) is 25.5 Å². The Hall–Kier alpha value is -1.88. The highest BCUT2D eigenvalue weighted by Gasteiger charge is 2.19. The standard InChI is InChI=1S/C18H18ClNO3/c1-3-21-18(22-4-2)16-9-12-10-20-11-14(17(12)23-16)13-7-5-6-8-15(13)19/h5-11,18H,3-4H2,1-2H3. The fourth-order valence-corrected chi connectivity index (χ4v) is 2.72. The zero-order chi connectivity index (χ0) is 16.2. The lowest BCUT2D eigenvalue weighted by molar-refractivity contribution is -0.150. The number of pyridine rings is 1. The Labute approximate surface area is 140 Å². The fourth-order valence-electron chi connectivity index (χ4n) is 2.48. The van der Waals surface area contributed by atoms with Crippen LogP contribution in [-0.4, -0.2) is 18.2 Å². The molecule has 0 aliphatic carbocycles. The summed E-state index contributed by atoms with van der Waals surface area (Å²) in [7, 11) is 0. The molecule has 0 atom stereocenters. The van der Waals surface area contributed by atoms with Gasteiger partial charge in [-0.05, 0) is 26.0 Å². The molecule has 5 heteroatoms. The summed E-state index contributed by atoms with van der Waals surface area (Å²) in [5, 5.41) is 1.55. The molecule has 0 aliphatic rings. The number of benzene rings is 1. The van der Waals surface area contributed by atoms with Crippen molar-refractivity contribution in [3.63, 3.8) is 0 Å². The van der Waals surface area contributed by atoms with Crippen LogP contribution in [0.5, 0.6) is 0 Å². The minimum Gasteiger partial charge on any atom is -0.455 e. The molecule has 0 saturated carbocycles. The maximum absolute atomic E-state index is 6.31. The molecule has 1 aromatic carbocycles. The molecule has 0 bridgehead atoms. The van der Waals surface area contributed by atoms with E-state index in [9.17, 15) is 0 Å². The van der Waals surface area contributed by atoms with Gasteiger partial charge in [0.25, 0.3) is 0 Å². The van der Waals surface area contributed by atoms with E-state index in [0.717, 1.165) is 22.1 Å². The minimum atomic E-state index is -0.517. The molecule has 0 saturated heterocycles. The summed E-state index contributed by atoms with van der Waals surface area (Å²) >= 11 is 6.31. The predicted molar refractivity (Wildman–Crippen MR) is 90.4 cm³/mol. The number of ether oxygens (including phenoxy) is 2. The molecule has 4 nitrogen and oxygen atoms in total. The van der Waals surface area contributed by atoms with Crippen LogP contribution >= 0.6 is 11.6 Å². The summed E-state index contributed by atoms with van der Waals surface area (Å²) < 4.78 is 17.2. The second-order valence-electron chi connectivity index (χ2n) is 4.98. The largest absolute Gasteiger partial charge is 0.455 e. The van der Waals surface area contributed by atoms with Crippen molar-refractivity contribution in [3.05, 3.63) is 53.5 Å². The number of fused-ring (bicyclic) bond motifs is 1. The van der Waals surface area contributed by atoms with Crippen LogP contribution in [0.1, 0.15) is 25.9 Å². The lowest BCUT2D eigenvalue weighted by atomic mass is 10.1. The maximum atomic E-state index is 6.31. The van der Waals surface area contributed by atoms with Crippen LogP contribution in [0.2, 0.25) is 5.02 Å². The van der Waals surface area contributed by atoms with Crippen LogP contribution in [0, 0.1) is 0 Å². The third-order valence-corrected chi connectivity index (χ3v) is 3.80. The van der Waals surface area contributed by atoms with Gasteiger partial charge in [-0.15, -0.1) is 0 Å². The second kappa shape index (κ2) is 7.13. The van der Waals surface area contributed by atoms with Crippen LogP contribution in [0.3, 0.4) is 0 Å². The number of hydrogen-bond donors (Lipinski definition) is 0. The SMILES string of the molecule is CCOC(OCC)c1cc2cncc(-c3ccccc3Cl)c2o1. The molecule has 2 heterocycles. The van der Waals surface area contributed by atoms with Gasteiger partial charge in [-0.2, -0.15) is 0 Å². The average Bonchev–Trinajstić information content (AvgIpc) is 2.99. The van der Waals surface area contributed by atoms with Crippen molar-refractivity contribution in [3.8, 4) is 11.1 Å². The van der Waals surface area contributed by atoms with Crippen molar-refractivity contribution in [2.75, 3.05) is 13.2 Å². The number of furan rings is 1. The number of hydrogen-bond acceptors (Lipinski definition) is 4. The molecule has 120 valence electrons. The molecule has 0 aliphatic heterocycles. The Morgan fingerprint density at radius 3 is 2.52 bits per heavy atom. The van der Waals surface area contributed by atoms with Crippen molar-refractivity contribution in [1.29, 1.82) is 0 Å². The van der Waals surface area contributed by atoms with Gasteiger partial charge in [0.1, 0.15) is 5.58 Å². The van der Waals surface area contributed by atoms with Gasteiger partial charge in [0.2, 0.25) is 6.29 Å². The van der Waals surface area contributed by atoms with Gasteiger partial charge in [0.05, 0.1) is 0 Å². The third kappa shape index (κ3) is 3.24. The summed E-state index contributed by atoms with van der Waals surface area (Å²) in [5.74, 6) is 0.630. The third-order valence-electron chi connectivity index (χ3n) is 3.47. The molecule has 23 heavy (non-hydrogen) atoms. The van der Waals surface area contributed by atoms with E-state index in [-0.39, 0.29) is 0 Å². The molecule has 0 radical (unpaired) electrons. The molecule has 0 N–H and O–H groups in total. The highest BCUT2D eigenvalue weighted by atomic mass is 35.5. The van der Waals surface area contributed by atoms with Crippen molar-refractivity contribution in [2.24, 2.45) is 0 Å². The van der Waals surface area contributed by atoms with Gasteiger partial charge < -0.3 is 13.9 Å². The van der Waals surface area contributed by atoms with E-state index >= 15 is 0 Å². The zero-order valence-corrected chi connectivity index (χ0v) is 13.8. The van der Waals surface area contributed by atoms with Gasteiger partial charge in [-0.25, -0.2) is 0 Å². The summed E-state index contributed by atoms with van der Waals surface area (Å²) in [6, 6.07) is 9.53. The molecule has 3 aromatic rings. The molecular formula is C18H18ClNO3. The summed E-state index contributed by atoms with van der Waals surface area (Å²) in [5.41, 5.74) is 2.47. The lowest BCUT2D eigenvalue weighted by Gasteiger charge is -2.13. The fraction of sp³-hybridized carbons (Fsp3) is 0.278. The van der Waals surface area contributed by atoms with E-state index in [1.807, 2.05) is 44.2 Å². The smallest absolute Gasteiger partial charge is 0.217 e. The van der Waals surface area contributed by atoms with Gasteiger partial charge in [-0.3, -0.25) is 4.98 Å². The van der Waals surface area contributed by atoms with E-state index in [1.165, 1.54) is 0 Å². The summed E-state index contributed by atoms with van der Waals surface area (Å²) in [6.45, 7) is 4.92. The monoisotopic (exact) mass is 331 g/mol. The first-order valence-electron chi connectivity index (χ1n) is 7.60. The molecule has 3 rings (SSSR count). The van der Waals surface area contributed by atoms with Crippen LogP contribution in [0.4, 0.5) is 0 Å².